The normalized spacial score (nSPS) is 24.8. The van der Waals surface area contributed by atoms with Gasteiger partial charge in [0.15, 0.2) is 5.78 Å². The van der Waals surface area contributed by atoms with E-state index in [1.807, 2.05) is 35.2 Å². The van der Waals surface area contributed by atoms with Gasteiger partial charge >= 0.3 is 0 Å². The van der Waals surface area contributed by atoms with Gasteiger partial charge in [0.25, 0.3) is 10.0 Å². The third-order valence-corrected chi connectivity index (χ3v) is 11.4. The lowest BCUT2D eigenvalue weighted by Gasteiger charge is -2.31. The van der Waals surface area contributed by atoms with E-state index in [2.05, 4.69) is 9.62 Å². The van der Waals surface area contributed by atoms with Gasteiger partial charge in [-0.05, 0) is 88.7 Å². The first-order valence-electron chi connectivity index (χ1n) is 14.1. The zero-order valence-electron chi connectivity index (χ0n) is 22.0. The topological polar surface area (TPSA) is 86.8 Å². The maximum Gasteiger partial charge on any atom is 0.250 e. The molecule has 1 aromatic heterocycles. The predicted molar refractivity (Wildman–Crippen MR) is 150 cm³/mol. The number of nitrogens with one attached hydrogen (secondary N) is 1. The van der Waals surface area contributed by atoms with Crippen LogP contribution in [-0.4, -0.2) is 68.2 Å². The van der Waals surface area contributed by atoms with Crippen molar-refractivity contribution in [1.82, 2.24) is 14.5 Å². The number of carbonyl (C=O) groups is 2. The van der Waals surface area contributed by atoms with Crippen molar-refractivity contribution in [3.8, 4) is 10.4 Å². The molecule has 3 atom stereocenters. The highest BCUT2D eigenvalue weighted by molar-refractivity contribution is 7.91. The van der Waals surface area contributed by atoms with E-state index in [1.165, 1.54) is 37.3 Å². The van der Waals surface area contributed by atoms with E-state index in [1.54, 1.807) is 12.1 Å². The molecule has 0 bridgehead atoms. The molecule has 9 heteroatoms. The van der Waals surface area contributed by atoms with Crippen molar-refractivity contribution in [1.29, 1.82) is 0 Å². The van der Waals surface area contributed by atoms with E-state index in [9.17, 15) is 18.0 Å². The van der Waals surface area contributed by atoms with Gasteiger partial charge in [-0.1, -0.05) is 36.8 Å². The van der Waals surface area contributed by atoms with Crippen LogP contribution < -0.4 is 4.72 Å². The molecule has 3 heterocycles. The second kappa shape index (κ2) is 12.4. The van der Waals surface area contributed by atoms with Crippen molar-refractivity contribution in [2.24, 2.45) is 5.92 Å². The first-order chi connectivity index (χ1) is 18.4. The Morgan fingerprint density at radius 3 is 2.53 bits per heavy atom. The van der Waals surface area contributed by atoms with E-state index < -0.39 is 22.0 Å². The molecule has 3 fully saturated rings. The first-order valence-corrected chi connectivity index (χ1v) is 16.4. The molecule has 3 aliphatic rings. The third kappa shape index (κ3) is 6.55. The minimum absolute atomic E-state index is 0.0567. The first kappa shape index (κ1) is 27.5. The highest BCUT2D eigenvalue weighted by Crippen LogP contribution is 2.32. The molecule has 1 amide bonds. The average molecular weight is 558 g/mol. The lowest BCUT2D eigenvalue weighted by atomic mass is 9.82. The van der Waals surface area contributed by atoms with E-state index in [-0.39, 0.29) is 28.4 Å². The minimum Gasteiger partial charge on any atom is -0.340 e. The third-order valence-electron chi connectivity index (χ3n) is 8.32. The van der Waals surface area contributed by atoms with Gasteiger partial charge in [-0.3, -0.25) is 9.59 Å². The molecule has 0 radical (unpaired) electrons. The molecule has 38 heavy (non-hydrogen) atoms. The van der Waals surface area contributed by atoms with Gasteiger partial charge in [0, 0.05) is 29.8 Å². The second-order valence-corrected chi connectivity index (χ2v) is 14.0. The van der Waals surface area contributed by atoms with Gasteiger partial charge < -0.3 is 9.80 Å². The van der Waals surface area contributed by atoms with E-state index in [0.29, 0.717) is 12.8 Å². The standard InChI is InChI=1S/C29H39N3O4S2/c33-27(32-20-8-13-24(32)12-7-19-31-17-4-5-18-31)21-23-11-6-14-25(29(23)34)30-38(35,36)28-16-15-26(37-28)22-9-2-1-3-10-22/h1-3,9-10,15-16,23-25,30H,4-8,11-14,17-21H2/t23?,24-,25-/m0/s1. The Bertz CT molecular complexity index is 1210. The summed E-state index contributed by atoms with van der Waals surface area (Å²) in [6, 6.07) is 12.5. The molecular weight excluding hydrogens is 518 g/mol. The number of carbonyl (C=O) groups excluding carboxylic acids is 2. The van der Waals surface area contributed by atoms with Gasteiger partial charge in [-0.2, -0.15) is 4.72 Å². The van der Waals surface area contributed by atoms with Crippen LogP contribution in [-0.2, 0) is 19.6 Å². The fourth-order valence-corrected chi connectivity index (χ4v) is 8.84. The SMILES string of the molecule is O=C1C(CC(=O)N2CCC[C@@H]2CCCN2CCCC2)CCC[C@@H]1NS(=O)(=O)c1ccc(-c2ccccc2)s1. The molecule has 206 valence electrons. The number of amides is 1. The molecular formula is C29H39N3O4S2. The molecule has 1 aliphatic carbocycles. The molecule has 1 N–H and O–H groups in total. The molecule has 2 aromatic rings. The van der Waals surface area contributed by atoms with Gasteiger partial charge in [-0.15, -0.1) is 11.3 Å². The fraction of sp³-hybridized carbons (Fsp3) is 0.586. The molecule has 5 rings (SSSR count). The lowest BCUT2D eigenvalue weighted by molar-refractivity contribution is -0.137. The maximum atomic E-state index is 13.3. The highest BCUT2D eigenvalue weighted by atomic mass is 32.2. The van der Waals surface area contributed by atoms with Crippen LogP contribution in [0.15, 0.2) is 46.7 Å². The number of hydrogen-bond donors (Lipinski definition) is 1. The Labute approximate surface area is 230 Å². The number of likely N-dealkylation sites (tertiary alicyclic amines) is 2. The average Bonchev–Trinajstić information content (AvgIpc) is 3.69. The van der Waals surface area contributed by atoms with Crippen LogP contribution in [0.4, 0.5) is 0 Å². The smallest absolute Gasteiger partial charge is 0.250 e. The summed E-state index contributed by atoms with van der Waals surface area (Å²) in [5, 5.41) is 0. The Hall–Kier alpha value is -2.07. The maximum absolute atomic E-state index is 13.3. The van der Waals surface area contributed by atoms with Crippen molar-refractivity contribution in [2.75, 3.05) is 26.2 Å². The minimum atomic E-state index is -3.83. The number of benzene rings is 1. The summed E-state index contributed by atoms with van der Waals surface area (Å²) in [5.41, 5.74) is 0.961. The summed E-state index contributed by atoms with van der Waals surface area (Å²) < 4.78 is 29.1. The zero-order chi connectivity index (χ0) is 26.5. The van der Waals surface area contributed by atoms with Crippen LogP contribution in [0.5, 0.6) is 0 Å². The number of ketones is 1. The number of hydrogen-bond acceptors (Lipinski definition) is 6. The van der Waals surface area contributed by atoms with Crippen LogP contribution in [0.25, 0.3) is 10.4 Å². The lowest BCUT2D eigenvalue weighted by Crippen LogP contribution is -2.47. The van der Waals surface area contributed by atoms with Crippen molar-refractivity contribution < 1.29 is 18.0 Å². The summed E-state index contributed by atoms with van der Waals surface area (Å²) >= 11 is 1.20. The number of thiophene rings is 1. The van der Waals surface area contributed by atoms with Crippen molar-refractivity contribution in [3.05, 3.63) is 42.5 Å². The van der Waals surface area contributed by atoms with Gasteiger partial charge in [0.1, 0.15) is 4.21 Å². The largest absolute Gasteiger partial charge is 0.340 e. The van der Waals surface area contributed by atoms with Gasteiger partial charge in [0.05, 0.1) is 6.04 Å². The van der Waals surface area contributed by atoms with E-state index >= 15 is 0 Å². The van der Waals surface area contributed by atoms with Crippen LogP contribution in [0.2, 0.25) is 0 Å². The van der Waals surface area contributed by atoms with Crippen LogP contribution in [0, 0.1) is 5.92 Å². The number of nitrogens with zero attached hydrogens (tertiary/aromatic N) is 2. The second-order valence-electron chi connectivity index (χ2n) is 11.0. The summed E-state index contributed by atoms with van der Waals surface area (Å²) in [6.45, 7) is 4.27. The fourth-order valence-electron chi connectivity index (χ4n) is 6.27. The van der Waals surface area contributed by atoms with Crippen molar-refractivity contribution >= 4 is 33.1 Å². The summed E-state index contributed by atoms with van der Waals surface area (Å²) in [6.07, 6.45) is 8.82. The molecule has 7 nitrogen and oxygen atoms in total. The Morgan fingerprint density at radius 2 is 1.74 bits per heavy atom. The quantitative estimate of drug-likeness (QED) is 0.458. The number of Topliss-reactive ketones (excluding diaryl/α,β-unsaturated/α-hetero) is 1. The van der Waals surface area contributed by atoms with Gasteiger partial charge in [-0.25, -0.2) is 8.42 Å². The van der Waals surface area contributed by atoms with Crippen molar-refractivity contribution in [2.45, 2.75) is 80.5 Å². The van der Waals surface area contributed by atoms with E-state index in [4.69, 9.17) is 0 Å². The van der Waals surface area contributed by atoms with E-state index in [0.717, 1.165) is 55.6 Å². The van der Waals surface area contributed by atoms with Crippen LogP contribution in [0.3, 0.4) is 0 Å². The molecule has 2 saturated heterocycles. The summed E-state index contributed by atoms with van der Waals surface area (Å²) in [5.74, 6) is -0.503. The monoisotopic (exact) mass is 557 g/mol. The number of rotatable bonds is 10. The van der Waals surface area contributed by atoms with Gasteiger partial charge in [0.2, 0.25) is 5.91 Å². The molecule has 1 saturated carbocycles. The summed E-state index contributed by atoms with van der Waals surface area (Å²) in [4.78, 5) is 32.0. The zero-order valence-corrected chi connectivity index (χ0v) is 23.6. The highest BCUT2D eigenvalue weighted by Gasteiger charge is 2.38. The molecule has 2 aliphatic heterocycles. The Kier molecular flexibility index (Phi) is 8.98. The molecule has 1 aromatic carbocycles. The Balaban J connectivity index is 1.16. The molecule has 0 spiro atoms. The Morgan fingerprint density at radius 1 is 0.947 bits per heavy atom. The van der Waals surface area contributed by atoms with Crippen LogP contribution in [0.1, 0.15) is 64.2 Å². The summed E-state index contributed by atoms with van der Waals surface area (Å²) in [7, 11) is -3.83. The molecule has 1 unspecified atom stereocenters. The predicted octanol–water partition coefficient (Wildman–Crippen LogP) is 4.69. The van der Waals surface area contributed by atoms with Crippen LogP contribution >= 0.6 is 11.3 Å². The van der Waals surface area contributed by atoms with Crippen molar-refractivity contribution in [3.63, 3.8) is 0 Å². The number of sulfonamides is 1.